The molecule has 0 radical (unpaired) electrons. The number of carbonyl (C=O) groups is 1. The largest absolute Gasteiger partial charge is 0.312 e. The van der Waals surface area contributed by atoms with E-state index in [2.05, 4.69) is 0 Å². The van der Waals surface area contributed by atoms with E-state index in [-0.39, 0.29) is 18.4 Å². The van der Waals surface area contributed by atoms with Crippen molar-refractivity contribution in [2.45, 2.75) is 24.0 Å². The molecule has 0 bridgehead atoms. The Labute approximate surface area is 152 Å². The van der Waals surface area contributed by atoms with Gasteiger partial charge < -0.3 is 4.90 Å². The van der Waals surface area contributed by atoms with Crippen molar-refractivity contribution < 1.29 is 13.2 Å². The molecule has 25 heavy (non-hydrogen) atoms. The number of rotatable bonds is 5. The van der Waals surface area contributed by atoms with Crippen molar-refractivity contribution in [3.05, 3.63) is 47.8 Å². The molecule has 1 saturated heterocycles. The molecular formula is C18H22N2O3S2. The Balaban J connectivity index is 1.78. The fraction of sp³-hybridized carbons (Fsp3) is 0.389. The van der Waals surface area contributed by atoms with E-state index in [1.54, 1.807) is 22.4 Å². The lowest BCUT2D eigenvalue weighted by molar-refractivity contribution is -0.123. The molecule has 0 saturated carbocycles. The van der Waals surface area contributed by atoms with Crippen LogP contribution in [0.25, 0.3) is 0 Å². The average molecular weight is 379 g/mol. The van der Waals surface area contributed by atoms with Gasteiger partial charge in [0.15, 0.2) is 0 Å². The normalized spacial score (nSPS) is 18.8. The average Bonchev–Trinajstić information content (AvgIpc) is 3.19. The SMILES string of the molecule is CCN(C(=O)C1CCCN(S(=O)(=O)c2cccs2)C1)c1ccccc1. The Kier molecular flexibility index (Phi) is 5.56. The summed E-state index contributed by atoms with van der Waals surface area (Å²) in [5.41, 5.74) is 0.855. The van der Waals surface area contributed by atoms with Crippen molar-refractivity contribution in [2.24, 2.45) is 5.92 Å². The minimum atomic E-state index is -3.50. The van der Waals surface area contributed by atoms with Crippen molar-refractivity contribution in [2.75, 3.05) is 24.5 Å². The maximum Gasteiger partial charge on any atom is 0.252 e. The lowest BCUT2D eigenvalue weighted by atomic mass is 9.98. The van der Waals surface area contributed by atoms with Crippen LogP contribution in [-0.4, -0.2) is 38.3 Å². The minimum absolute atomic E-state index is 0.000204. The third-order valence-corrected chi connectivity index (χ3v) is 7.71. The molecule has 2 aromatic rings. The summed E-state index contributed by atoms with van der Waals surface area (Å²) in [6.45, 7) is 3.23. The fourth-order valence-electron chi connectivity index (χ4n) is 3.19. The van der Waals surface area contributed by atoms with Crippen LogP contribution in [0.2, 0.25) is 0 Å². The van der Waals surface area contributed by atoms with Crippen molar-refractivity contribution in [3.8, 4) is 0 Å². The van der Waals surface area contributed by atoms with Gasteiger partial charge in [0.1, 0.15) is 4.21 Å². The van der Waals surface area contributed by atoms with E-state index in [0.717, 1.165) is 12.1 Å². The molecule has 1 aromatic carbocycles. The topological polar surface area (TPSA) is 57.7 Å². The van der Waals surface area contributed by atoms with Crippen molar-refractivity contribution in [3.63, 3.8) is 0 Å². The van der Waals surface area contributed by atoms with Crippen molar-refractivity contribution >= 4 is 33.0 Å². The van der Waals surface area contributed by atoms with Crippen LogP contribution in [0.5, 0.6) is 0 Å². The molecule has 1 amide bonds. The Morgan fingerprint density at radius 1 is 1.24 bits per heavy atom. The quantitative estimate of drug-likeness (QED) is 0.803. The number of thiophene rings is 1. The number of benzene rings is 1. The van der Waals surface area contributed by atoms with Crippen LogP contribution in [0.3, 0.4) is 0 Å². The van der Waals surface area contributed by atoms with Crippen molar-refractivity contribution in [1.82, 2.24) is 4.31 Å². The Hall–Kier alpha value is -1.70. The second-order valence-corrected chi connectivity index (χ2v) is 9.16. The summed E-state index contributed by atoms with van der Waals surface area (Å²) in [5.74, 6) is -0.302. The molecule has 0 spiro atoms. The first-order valence-corrected chi connectivity index (χ1v) is 10.8. The van der Waals surface area contributed by atoms with Gasteiger partial charge in [-0.05, 0) is 43.3 Å². The van der Waals surface area contributed by atoms with Crippen LogP contribution >= 0.6 is 11.3 Å². The molecule has 134 valence electrons. The molecule has 1 atom stereocenters. The van der Waals surface area contributed by atoms with E-state index >= 15 is 0 Å². The highest BCUT2D eigenvalue weighted by Gasteiger charge is 2.35. The van der Waals surface area contributed by atoms with E-state index < -0.39 is 10.0 Å². The van der Waals surface area contributed by atoms with Gasteiger partial charge in [0.25, 0.3) is 10.0 Å². The Morgan fingerprint density at radius 3 is 2.64 bits per heavy atom. The van der Waals surface area contributed by atoms with Crippen LogP contribution in [-0.2, 0) is 14.8 Å². The van der Waals surface area contributed by atoms with E-state index in [1.807, 2.05) is 37.3 Å². The zero-order valence-corrected chi connectivity index (χ0v) is 15.8. The van der Waals surface area contributed by atoms with E-state index in [4.69, 9.17) is 0 Å². The first-order chi connectivity index (χ1) is 12.0. The molecule has 2 heterocycles. The summed E-state index contributed by atoms with van der Waals surface area (Å²) in [5, 5.41) is 1.76. The van der Waals surface area contributed by atoms with Crippen LogP contribution in [0, 0.1) is 5.92 Å². The predicted octanol–water partition coefficient (Wildman–Crippen LogP) is 3.20. The number of amides is 1. The van der Waals surface area contributed by atoms with Crippen LogP contribution in [0.1, 0.15) is 19.8 Å². The molecule has 1 aromatic heterocycles. The first-order valence-electron chi connectivity index (χ1n) is 8.44. The predicted molar refractivity (Wildman–Crippen MR) is 100 cm³/mol. The van der Waals surface area contributed by atoms with Gasteiger partial charge >= 0.3 is 0 Å². The second kappa shape index (κ2) is 7.68. The van der Waals surface area contributed by atoms with Gasteiger partial charge in [-0.2, -0.15) is 4.31 Å². The lowest BCUT2D eigenvalue weighted by Crippen LogP contribution is -2.46. The Morgan fingerprint density at radius 2 is 2.00 bits per heavy atom. The molecule has 3 rings (SSSR count). The molecule has 1 aliphatic heterocycles. The fourth-order valence-corrected chi connectivity index (χ4v) is 5.86. The molecule has 1 unspecified atom stereocenters. The van der Waals surface area contributed by atoms with Crippen LogP contribution in [0.15, 0.2) is 52.1 Å². The highest BCUT2D eigenvalue weighted by atomic mass is 32.2. The minimum Gasteiger partial charge on any atom is -0.312 e. The summed E-state index contributed by atoms with van der Waals surface area (Å²) in [7, 11) is -3.50. The van der Waals surface area contributed by atoms with E-state index in [9.17, 15) is 13.2 Å². The summed E-state index contributed by atoms with van der Waals surface area (Å²) >= 11 is 1.22. The summed E-state index contributed by atoms with van der Waals surface area (Å²) in [6.07, 6.45) is 1.42. The lowest BCUT2D eigenvalue weighted by Gasteiger charge is -2.33. The number of carbonyl (C=O) groups excluding carboxylic acids is 1. The molecule has 7 heteroatoms. The number of sulfonamides is 1. The molecule has 5 nitrogen and oxygen atoms in total. The van der Waals surface area contributed by atoms with Gasteiger partial charge in [-0.15, -0.1) is 11.3 Å². The standard InChI is InChI=1S/C18H22N2O3S2/c1-2-20(16-9-4-3-5-10-16)18(21)15-8-6-12-19(14-15)25(22,23)17-11-7-13-24-17/h3-5,7,9-11,13,15H,2,6,8,12,14H2,1H3. The van der Waals surface area contributed by atoms with Gasteiger partial charge in [0.2, 0.25) is 5.91 Å². The van der Waals surface area contributed by atoms with Gasteiger partial charge in [-0.25, -0.2) is 8.42 Å². The third kappa shape index (κ3) is 3.78. The Bertz CT molecular complexity index is 804. The summed E-state index contributed by atoms with van der Waals surface area (Å²) in [6, 6.07) is 12.9. The zero-order chi connectivity index (χ0) is 17.9. The highest BCUT2D eigenvalue weighted by molar-refractivity contribution is 7.91. The van der Waals surface area contributed by atoms with Crippen molar-refractivity contribution in [1.29, 1.82) is 0 Å². The maximum absolute atomic E-state index is 13.0. The van der Waals surface area contributed by atoms with Gasteiger partial charge in [-0.1, -0.05) is 24.3 Å². The number of nitrogens with zero attached hydrogens (tertiary/aromatic N) is 2. The van der Waals surface area contributed by atoms with Crippen LogP contribution < -0.4 is 4.90 Å². The molecular weight excluding hydrogens is 356 g/mol. The van der Waals surface area contributed by atoms with E-state index in [1.165, 1.54) is 15.6 Å². The number of anilines is 1. The second-order valence-electron chi connectivity index (χ2n) is 6.05. The summed E-state index contributed by atoms with van der Waals surface area (Å²) < 4.78 is 27.3. The highest BCUT2D eigenvalue weighted by Crippen LogP contribution is 2.28. The van der Waals surface area contributed by atoms with Gasteiger partial charge in [-0.3, -0.25) is 4.79 Å². The number of hydrogen-bond donors (Lipinski definition) is 0. The zero-order valence-electron chi connectivity index (χ0n) is 14.2. The number of para-hydroxylation sites is 1. The smallest absolute Gasteiger partial charge is 0.252 e. The monoisotopic (exact) mass is 378 g/mol. The molecule has 0 aliphatic carbocycles. The molecule has 0 N–H and O–H groups in total. The number of hydrogen-bond acceptors (Lipinski definition) is 4. The first kappa shape index (κ1) is 18.1. The van der Waals surface area contributed by atoms with E-state index in [0.29, 0.717) is 23.7 Å². The summed E-state index contributed by atoms with van der Waals surface area (Å²) in [4.78, 5) is 14.7. The molecule has 1 fully saturated rings. The maximum atomic E-state index is 13.0. The van der Waals surface area contributed by atoms with Gasteiger partial charge in [0.05, 0.1) is 5.92 Å². The number of piperidine rings is 1. The van der Waals surface area contributed by atoms with Gasteiger partial charge in [0, 0.05) is 25.3 Å². The molecule has 1 aliphatic rings. The third-order valence-electron chi connectivity index (χ3n) is 4.47. The van der Waals surface area contributed by atoms with Crippen LogP contribution in [0.4, 0.5) is 5.69 Å².